The second-order valence-corrected chi connectivity index (χ2v) is 8.22. The van der Waals surface area contributed by atoms with Crippen LogP contribution in [0.3, 0.4) is 0 Å². The van der Waals surface area contributed by atoms with Gasteiger partial charge in [0.25, 0.3) is 0 Å². The summed E-state index contributed by atoms with van der Waals surface area (Å²) < 4.78 is 13.5. The van der Waals surface area contributed by atoms with Crippen molar-refractivity contribution in [3.8, 4) is 17.2 Å². The van der Waals surface area contributed by atoms with Crippen LogP contribution in [-0.4, -0.2) is 51.7 Å². The molecule has 1 fully saturated rings. The molecule has 1 aliphatic heterocycles. The highest BCUT2D eigenvalue weighted by molar-refractivity contribution is 7.99. The predicted molar refractivity (Wildman–Crippen MR) is 120 cm³/mol. The standard InChI is InChI=1S/C23H28N4O2S/c1-2-28-20-10-12-21(13-11-20)29-16-17-30-23-25-24-22(18-26-14-6-7-15-26)27(23)19-8-4-3-5-9-19/h3-5,8-13H,2,6-7,14-18H2,1H3. The SMILES string of the molecule is CCOc1ccc(OCCSc2nnc(CN3CCCC3)n2-c2ccccc2)cc1. The fourth-order valence-corrected chi connectivity index (χ4v) is 4.35. The lowest BCUT2D eigenvalue weighted by Gasteiger charge is -2.16. The first-order valence-electron chi connectivity index (χ1n) is 10.5. The number of rotatable bonds is 10. The van der Waals surface area contributed by atoms with E-state index in [2.05, 4.69) is 43.9 Å². The van der Waals surface area contributed by atoms with Crippen molar-refractivity contribution in [2.45, 2.75) is 31.5 Å². The van der Waals surface area contributed by atoms with Crippen molar-refractivity contribution in [2.75, 3.05) is 32.1 Å². The molecule has 30 heavy (non-hydrogen) atoms. The van der Waals surface area contributed by atoms with Gasteiger partial charge in [0.05, 0.1) is 19.8 Å². The summed E-state index contributed by atoms with van der Waals surface area (Å²) in [5.74, 6) is 3.50. The van der Waals surface area contributed by atoms with E-state index in [0.29, 0.717) is 13.2 Å². The largest absolute Gasteiger partial charge is 0.494 e. The lowest BCUT2D eigenvalue weighted by molar-refractivity contribution is 0.319. The van der Waals surface area contributed by atoms with Gasteiger partial charge >= 0.3 is 0 Å². The molecule has 7 heteroatoms. The molecule has 0 unspecified atom stereocenters. The molecule has 0 aliphatic carbocycles. The Morgan fingerprint density at radius 2 is 1.60 bits per heavy atom. The van der Waals surface area contributed by atoms with Crippen LogP contribution in [0.2, 0.25) is 0 Å². The zero-order valence-electron chi connectivity index (χ0n) is 17.4. The molecule has 158 valence electrons. The van der Waals surface area contributed by atoms with Gasteiger partial charge in [0.2, 0.25) is 0 Å². The first-order chi connectivity index (χ1) is 14.8. The van der Waals surface area contributed by atoms with E-state index in [4.69, 9.17) is 9.47 Å². The number of nitrogens with zero attached hydrogens (tertiary/aromatic N) is 4. The summed E-state index contributed by atoms with van der Waals surface area (Å²) in [5, 5.41) is 9.91. The molecule has 0 atom stereocenters. The Morgan fingerprint density at radius 1 is 0.900 bits per heavy atom. The van der Waals surface area contributed by atoms with Crippen molar-refractivity contribution >= 4 is 11.8 Å². The molecule has 0 saturated carbocycles. The molecule has 2 aromatic carbocycles. The predicted octanol–water partition coefficient (Wildman–Crippen LogP) is 4.43. The number of aromatic nitrogens is 3. The fraction of sp³-hybridized carbons (Fsp3) is 0.391. The van der Waals surface area contributed by atoms with Crippen molar-refractivity contribution in [3.05, 3.63) is 60.4 Å². The highest BCUT2D eigenvalue weighted by Gasteiger charge is 2.19. The number of thioether (sulfide) groups is 1. The van der Waals surface area contributed by atoms with Gasteiger partial charge in [0, 0.05) is 11.4 Å². The molecular weight excluding hydrogens is 396 g/mol. The van der Waals surface area contributed by atoms with Crippen molar-refractivity contribution in [2.24, 2.45) is 0 Å². The van der Waals surface area contributed by atoms with E-state index in [9.17, 15) is 0 Å². The van der Waals surface area contributed by atoms with E-state index in [1.807, 2.05) is 37.3 Å². The number of hydrogen-bond donors (Lipinski definition) is 0. The summed E-state index contributed by atoms with van der Waals surface area (Å²) in [6, 6.07) is 18.1. The Hall–Kier alpha value is -2.51. The third kappa shape index (κ3) is 5.34. The van der Waals surface area contributed by atoms with Crippen LogP contribution in [0.4, 0.5) is 0 Å². The van der Waals surface area contributed by atoms with Gasteiger partial charge < -0.3 is 9.47 Å². The minimum absolute atomic E-state index is 0.599. The van der Waals surface area contributed by atoms with Gasteiger partial charge in [-0.25, -0.2) is 0 Å². The normalized spacial score (nSPS) is 14.2. The number of benzene rings is 2. The number of ether oxygens (including phenoxy) is 2. The zero-order valence-corrected chi connectivity index (χ0v) is 18.2. The quantitative estimate of drug-likeness (QED) is 0.354. The van der Waals surface area contributed by atoms with E-state index >= 15 is 0 Å². The Kier molecular flexibility index (Phi) is 7.26. The van der Waals surface area contributed by atoms with Crippen molar-refractivity contribution < 1.29 is 9.47 Å². The summed E-state index contributed by atoms with van der Waals surface area (Å²) in [5.41, 5.74) is 1.10. The van der Waals surface area contributed by atoms with E-state index < -0.39 is 0 Å². The first-order valence-corrected chi connectivity index (χ1v) is 11.5. The van der Waals surface area contributed by atoms with Gasteiger partial charge in [-0.15, -0.1) is 10.2 Å². The summed E-state index contributed by atoms with van der Waals surface area (Å²) in [4.78, 5) is 2.45. The number of likely N-dealkylation sites (tertiary alicyclic amines) is 1. The maximum atomic E-state index is 5.88. The molecular formula is C23H28N4O2S. The molecule has 1 aromatic heterocycles. The minimum Gasteiger partial charge on any atom is -0.494 e. The van der Waals surface area contributed by atoms with Crippen LogP contribution in [0.15, 0.2) is 59.8 Å². The maximum absolute atomic E-state index is 5.88. The van der Waals surface area contributed by atoms with E-state index in [1.54, 1.807) is 11.8 Å². The van der Waals surface area contributed by atoms with Crippen LogP contribution in [0, 0.1) is 0 Å². The fourth-order valence-electron chi connectivity index (χ4n) is 3.56. The van der Waals surface area contributed by atoms with Gasteiger partial charge in [-0.3, -0.25) is 9.47 Å². The highest BCUT2D eigenvalue weighted by Crippen LogP contribution is 2.24. The molecule has 1 saturated heterocycles. The lowest BCUT2D eigenvalue weighted by Crippen LogP contribution is -2.21. The van der Waals surface area contributed by atoms with Gasteiger partial charge in [-0.2, -0.15) is 0 Å². The van der Waals surface area contributed by atoms with E-state index in [-0.39, 0.29) is 0 Å². The Labute approximate surface area is 182 Å². The molecule has 0 bridgehead atoms. The topological polar surface area (TPSA) is 52.4 Å². The summed E-state index contributed by atoms with van der Waals surface area (Å²) in [6.45, 7) is 6.36. The third-order valence-electron chi connectivity index (χ3n) is 5.00. The van der Waals surface area contributed by atoms with E-state index in [0.717, 1.165) is 53.6 Å². The van der Waals surface area contributed by atoms with Crippen LogP contribution in [0.5, 0.6) is 11.5 Å². The molecule has 1 aliphatic rings. The third-order valence-corrected chi connectivity index (χ3v) is 5.89. The Balaban J connectivity index is 1.38. The van der Waals surface area contributed by atoms with Crippen LogP contribution >= 0.6 is 11.8 Å². The second-order valence-electron chi connectivity index (χ2n) is 7.15. The molecule has 4 rings (SSSR count). The van der Waals surface area contributed by atoms with Crippen LogP contribution in [-0.2, 0) is 6.54 Å². The average Bonchev–Trinajstić information content (AvgIpc) is 3.43. The Bertz CT molecular complexity index is 909. The van der Waals surface area contributed by atoms with Crippen molar-refractivity contribution in [1.29, 1.82) is 0 Å². The second kappa shape index (κ2) is 10.5. The number of hydrogen-bond acceptors (Lipinski definition) is 6. The number of para-hydroxylation sites is 1. The summed E-state index contributed by atoms with van der Waals surface area (Å²) in [6.07, 6.45) is 2.54. The molecule has 3 aromatic rings. The molecule has 0 spiro atoms. The molecule has 6 nitrogen and oxygen atoms in total. The average molecular weight is 425 g/mol. The van der Waals surface area contributed by atoms with Gasteiger partial charge in [0.1, 0.15) is 11.5 Å². The monoisotopic (exact) mass is 424 g/mol. The van der Waals surface area contributed by atoms with Crippen molar-refractivity contribution in [3.63, 3.8) is 0 Å². The smallest absolute Gasteiger partial charge is 0.195 e. The Morgan fingerprint density at radius 3 is 2.30 bits per heavy atom. The van der Waals surface area contributed by atoms with Gasteiger partial charge in [-0.1, -0.05) is 30.0 Å². The highest BCUT2D eigenvalue weighted by atomic mass is 32.2. The zero-order chi connectivity index (χ0) is 20.6. The minimum atomic E-state index is 0.599. The lowest BCUT2D eigenvalue weighted by atomic mass is 10.3. The van der Waals surface area contributed by atoms with Crippen LogP contribution in [0.1, 0.15) is 25.6 Å². The van der Waals surface area contributed by atoms with Gasteiger partial charge in [0.15, 0.2) is 11.0 Å². The summed E-state index contributed by atoms with van der Waals surface area (Å²) in [7, 11) is 0. The maximum Gasteiger partial charge on any atom is 0.195 e. The first kappa shape index (κ1) is 20.8. The molecule has 0 N–H and O–H groups in total. The van der Waals surface area contributed by atoms with Crippen molar-refractivity contribution in [1.82, 2.24) is 19.7 Å². The molecule has 0 radical (unpaired) electrons. The molecule has 2 heterocycles. The van der Waals surface area contributed by atoms with Crippen LogP contribution < -0.4 is 9.47 Å². The van der Waals surface area contributed by atoms with E-state index in [1.165, 1.54) is 12.8 Å². The summed E-state index contributed by atoms with van der Waals surface area (Å²) >= 11 is 1.67. The molecule has 0 amide bonds. The van der Waals surface area contributed by atoms with Gasteiger partial charge in [-0.05, 0) is 69.3 Å². The van der Waals surface area contributed by atoms with Crippen LogP contribution in [0.25, 0.3) is 5.69 Å².